The highest BCUT2D eigenvalue weighted by Crippen LogP contribution is 2.22. The van der Waals surface area contributed by atoms with Crippen LogP contribution in [0.5, 0.6) is 0 Å². The highest BCUT2D eigenvalue weighted by Gasteiger charge is 2.34. The van der Waals surface area contributed by atoms with Crippen molar-refractivity contribution >= 4 is 17.7 Å². The molecule has 0 saturated carbocycles. The van der Waals surface area contributed by atoms with Crippen molar-refractivity contribution in [2.24, 2.45) is 0 Å². The van der Waals surface area contributed by atoms with Gasteiger partial charge in [0.15, 0.2) is 0 Å². The predicted molar refractivity (Wildman–Crippen MR) is 79.6 cm³/mol. The lowest BCUT2D eigenvalue weighted by molar-refractivity contribution is -0.148. The molecule has 1 atom stereocenters. The molecule has 19 heavy (non-hydrogen) atoms. The summed E-state index contributed by atoms with van der Waals surface area (Å²) in [4.78, 5) is 11.9. The molecule has 0 aromatic carbocycles. The van der Waals surface area contributed by atoms with Crippen LogP contribution in [0.4, 0.5) is 0 Å². The maximum absolute atomic E-state index is 11.9. The van der Waals surface area contributed by atoms with Crippen molar-refractivity contribution < 1.29 is 14.3 Å². The number of unbranched alkanes of at least 4 members (excludes halogenated alkanes) is 1. The maximum Gasteiger partial charge on any atom is 0.325 e. The topological polar surface area (TPSA) is 47.6 Å². The monoisotopic (exact) mass is 289 g/mol. The van der Waals surface area contributed by atoms with Gasteiger partial charge >= 0.3 is 5.97 Å². The van der Waals surface area contributed by atoms with Gasteiger partial charge < -0.3 is 9.47 Å². The molecule has 0 bridgehead atoms. The molecular weight excluding hydrogens is 262 g/mol. The molecule has 1 heterocycles. The molecule has 0 aromatic rings. The lowest BCUT2D eigenvalue weighted by Gasteiger charge is -2.30. The van der Waals surface area contributed by atoms with Gasteiger partial charge in [0.05, 0.1) is 25.6 Å². The van der Waals surface area contributed by atoms with Gasteiger partial charge in [0.2, 0.25) is 0 Å². The Morgan fingerprint density at radius 1 is 1.47 bits per heavy atom. The molecule has 5 heteroatoms. The molecule has 0 aliphatic carbocycles. The van der Waals surface area contributed by atoms with Crippen LogP contribution in [0.3, 0.4) is 0 Å². The molecule has 1 saturated heterocycles. The van der Waals surface area contributed by atoms with Crippen LogP contribution in [0, 0.1) is 0 Å². The first-order valence-corrected chi connectivity index (χ1v) is 8.08. The fourth-order valence-electron chi connectivity index (χ4n) is 2.24. The summed E-state index contributed by atoms with van der Waals surface area (Å²) >= 11 is 1.98. The summed E-state index contributed by atoms with van der Waals surface area (Å²) in [6.45, 7) is 7.84. The molecule has 1 aliphatic heterocycles. The van der Waals surface area contributed by atoms with Crippen molar-refractivity contribution in [2.75, 3.05) is 26.1 Å². The van der Waals surface area contributed by atoms with Crippen LogP contribution in [0.15, 0.2) is 0 Å². The molecule has 0 amide bonds. The lowest BCUT2D eigenvalue weighted by atomic mass is 9.94. The minimum absolute atomic E-state index is 0.166. The fourth-order valence-corrected chi connectivity index (χ4v) is 3.33. The van der Waals surface area contributed by atoms with Crippen molar-refractivity contribution in [1.29, 1.82) is 0 Å². The Kier molecular flexibility index (Phi) is 7.18. The van der Waals surface area contributed by atoms with Gasteiger partial charge in [0.1, 0.15) is 5.54 Å². The van der Waals surface area contributed by atoms with Crippen molar-refractivity contribution in [1.82, 2.24) is 5.32 Å². The van der Waals surface area contributed by atoms with Gasteiger partial charge in [-0.2, -0.15) is 11.8 Å². The zero-order valence-electron chi connectivity index (χ0n) is 12.5. The number of esters is 1. The zero-order valence-corrected chi connectivity index (χ0v) is 13.3. The molecule has 0 spiro atoms. The number of thioether (sulfide) groups is 1. The number of hydrogen-bond acceptors (Lipinski definition) is 5. The second-order valence-electron chi connectivity index (χ2n) is 5.61. The van der Waals surface area contributed by atoms with Gasteiger partial charge in [0.25, 0.3) is 0 Å². The van der Waals surface area contributed by atoms with Gasteiger partial charge in [-0.3, -0.25) is 10.1 Å². The average Bonchev–Trinajstić information content (AvgIpc) is 2.29. The second kappa shape index (κ2) is 8.12. The van der Waals surface area contributed by atoms with E-state index in [4.69, 9.17) is 9.47 Å². The molecule has 0 radical (unpaired) electrons. The summed E-state index contributed by atoms with van der Waals surface area (Å²) < 4.78 is 10.1. The highest BCUT2D eigenvalue weighted by atomic mass is 32.2. The fraction of sp³-hybridized carbons (Fsp3) is 0.929. The molecule has 1 fully saturated rings. The minimum atomic E-state index is -0.562. The quantitative estimate of drug-likeness (QED) is 0.521. The largest absolute Gasteiger partial charge is 0.468 e. The Labute approximate surface area is 121 Å². The van der Waals surface area contributed by atoms with E-state index in [9.17, 15) is 4.79 Å². The third-order valence-corrected chi connectivity index (χ3v) is 4.54. The van der Waals surface area contributed by atoms with E-state index in [1.807, 2.05) is 32.5 Å². The standard InChI is InChI=1S/C14H27NO3S/c1-11(2)15-14(3,13(16)17-4)7-5-6-8-19-12-9-18-10-12/h11-12,15H,5-10H2,1-4H3. The first-order chi connectivity index (χ1) is 8.98. The van der Waals surface area contributed by atoms with Gasteiger partial charge in [0, 0.05) is 6.04 Å². The third kappa shape index (κ3) is 5.71. The van der Waals surface area contributed by atoms with Gasteiger partial charge in [-0.15, -0.1) is 0 Å². The van der Waals surface area contributed by atoms with Crippen molar-refractivity contribution in [3.05, 3.63) is 0 Å². The zero-order chi connectivity index (χ0) is 14.3. The second-order valence-corrected chi connectivity index (χ2v) is 7.02. The number of hydrogen-bond donors (Lipinski definition) is 1. The van der Waals surface area contributed by atoms with Crippen LogP contribution >= 0.6 is 11.8 Å². The number of rotatable bonds is 9. The van der Waals surface area contributed by atoms with Gasteiger partial charge in [-0.05, 0) is 39.4 Å². The first kappa shape index (κ1) is 16.8. The predicted octanol–water partition coefficient (Wildman–Crippen LogP) is 2.22. The van der Waals surface area contributed by atoms with E-state index in [2.05, 4.69) is 5.32 Å². The SMILES string of the molecule is COC(=O)C(C)(CCCCSC1COC1)NC(C)C. The molecular formula is C14H27NO3S. The van der Waals surface area contributed by atoms with E-state index in [1.54, 1.807) is 0 Å². The first-order valence-electron chi connectivity index (χ1n) is 7.03. The average molecular weight is 289 g/mol. The van der Waals surface area contributed by atoms with Crippen LogP contribution in [-0.2, 0) is 14.3 Å². The van der Waals surface area contributed by atoms with E-state index in [1.165, 1.54) is 7.11 Å². The Morgan fingerprint density at radius 2 is 2.16 bits per heavy atom. The minimum Gasteiger partial charge on any atom is -0.468 e. The maximum atomic E-state index is 11.9. The summed E-state index contributed by atoms with van der Waals surface area (Å²) in [6.07, 6.45) is 2.99. The molecule has 1 rings (SSSR count). The normalized spacial score (nSPS) is 19.0. The smallest absolute Gasteiger partial charge is 0.325 e. The molecule has 112 valence electrons. The number of methoxy groups -OCH3 is 1. The highest BCUT2D eigenvalue weighted by molar-refractivity contribution is 8.00. The number of nitrogens with one attached hydrogen (secondary N) is 1. The van der Waals surface area contributed by atoms with E-state index >= 15 is 0 Å². The van der Waals surface area contributed by atoms with Crippen LogP contribution in [0.2, 0.25) is 0 Å². The summed E-state index contributed by atoms with van der Waals surface area (Å²) in [6, 6.07) is 0.269. The Balaban J connectivity index is 2.25. The third-order valence-electron chi connectivity index (χ3n) is 3.28. The van der Waals surface area contributed by atoms with Crippen LogP contribution in [0.25, 0.3) is 0 Å². The lowest BCUT2D eigenvalue weighted by Crippen LogP contribution is -2.52. The Hall–Kier alpha value is -0.260. The van der Waals surface area contributed by atoms with E-state index in [0.29, 0.717) is 5.25 Å². The number of carbonyl (C=O) groups excluding carboxylic acids is 1. The number of ether oxygens (including phenoxy) is 2. The summed E-state index contributed by atoms with van der Waals surface area (Å²) in [5, 5.41) is 4.02. The van der Waals surface area contributed by atoms with Crippen molar-refractivity contribution in [2.45, 2.75) is 56.9 Å². The van der Waals surface area contributed by atoms with E-state index in [0.717, 1.165) is 38.2 Å². The van der Waals surface area contributed by atoms with Gasteiger partial charge in [-0.25, -0.2) is 0 Å². The van der Waals surface area contributed by atoms with Crippen LogP contribution in [0.1, 0.15) is 40.0 Å². The van der Waals surface area contributed by atoms with Crippen molar-refractivity contribution in [3.8, 4) is 0 Å². The van der Waals surface area contributed by atoms with E-state index in [-0.39, 0.29) is 12.0 Å². The van der Waals surface area contributed by atoms with Crippen LogP contribution in [-0.4, -0.2) is 48.9 Å². The Bertz CT molecular complexity index is 282. The van der Waals surface area contributed by atoms with Crippen molar-refractivity contribution in [3.63, 3.8) is 0 Å². The molecule has 1 aliphatic rings. The summed E-state index contributed by atoms with van der Waals surface area (Å²) in [7, 11) is 1.45. The Morgan fingerprint density at radius 3 is 2.63 bits per heavy atom. The summed E-state index contributed by atoms with van der Waals surface area (Å²) in [5.41, 5.74) is -0.562. The molecule has 1 unspecified atom stereocenters. The summed E-state index contributed by atoms with van der Waals surface area (Å²) in [5.74, 6) is 0.980. The number of carbonyl (C=O) groups is 1. The van der Waals surface area contributed by atoms with Gasteiger partial charge in [-0.1, -0.05) is 6.42 Å². The van der Waals surface area contributed by atoms with E-state index < -0.39 is 5.54 Å². The van der Waals surface area contributed by atoms with Crippen LogP contribution < -0.4 is 5.32 Å². The molecule has 0 aromatic heterocycles. The molecule has 4 nitrogen and oxygen atoms in total. The molecule has 1 N–H and O–H groups in total.